The van der Waals surface area contributed by atoms with Crippen LogP contribution in [0.1, 0.15) is 71.1 Å². The summed E-state index contributed by atoms with van der Waals surface area (Å²) in [6, 6.07) is 0. The maximum absolute atomic E-state index is 11.4. The van der Waals surface area contributed by atoms with Gasteiger partial charge in [0, 0.05) is 23.8 Å². The fraction of sp³-hybridized carbons (Fsp3) is 0.938. The quantitative estimate of drug-likeness (QED) is 0.229. The van der Waals surface area contributed by atoms with E-state index < -0.39 is 0 Å². The number of carbonyl (C=O) groups is 1. The van der Waals surface area contributed by atoms with Gasteiger partial charge in [-0.3, -0.25) is 4.79 Å². The Kier molecular flexibility index (Phi) is 17.3. The van der Waals surface area contributed by atoms with Gasteiger partial charge in [-0.05, 0) is 6.42 Å². The molecule has 0 aliphatic carbocycles. The van der Waals surface area contributed by atoms with Crippen LogP contribution in [0.25, 0.3) is 0 Å². The summed E-state index contributed by atoms with van der Waals surface area (Å²) in [5, 5.41) is 0. The summed E-state index contributed by atoms with van der Waals surface area (Å²) < 4.78 is 5.16. The van der Waals surface area contributed by atoms with Crippen molar-refractivity contribution >= 4 is 29.3 Å². The number of halogens is 1. The van der Waals surface area contributed by atoms with Crippen molar-refractivity contribution in [3.63, 3.8) is 0 Å². The molecule has 0 radical (unpaired) electrons. The van der Waals surface area contributed by atoms with Gasteiger partial charge in [0.2, 0.25) is 0 Å². The molecule has 0 rings (SSSR count). The second-order valence-corrected chi connectivity index (χ2v) is 6.70. The molecular formula is C16H31ClO2S. The normalized spacial score (nSPS) is 10.7. The van der Waals surface area contributed by atoms with E-state index in [2.05, 4.69) is 6.92 Å². The average molecular weight is 323 g/mol. The Labute approximate surface area is 134 Å². The molecule has 0 unspecified atom stereocenters. The Morgan fingerprint density at radius 2 is 1.55 bits per heavy atom. The lowest BCUT2D eigenvalue weighted by Crippen LogP contribution is -2.07. The van der Waals surface area contributed by atoms with Crippen molar-refractivity contribution < 1.29 is 9.53 Å². The number of hydrogen-bond donors (Lipinski definition) is 0. The van der Waals surface area contributed by atoms with Crippen molar-refractivity contribution in [3.05, 3.63) is 0 Å². The molecule has 4 heteroatoms. The van der Waals surface area contributed by atoms with Crippen molar-refractivity contribution in [2.75, 3.05) is 24.0 Å². The number of alkyl halides is 1. The van der Waals surface area contributed by atoms with Crippen molar-refractivity contribution in [1.82, 2.24) is 0 Å². The van der Waals surface area contributed by atoms with Gasteiger partial charge in [-0.25, -0.2) is 0 Å². The number of rotatable bonds is 15. The molecule has 0 aliphatic heterocycles. The summed E-state index contributed by atoms with van der Waals surface area (Å²) in [4.78, 5) is 11.4. The Bertz CT molecular complexity index is 213. The molecule has 20 heavy (non-hydrogen) atoms. The van der Waals surface area contributed by atoms with Crippen LogP contribution < -0.4 is 0 Å². The number of carbonyl (C=O) groups excluding carboxylic acids is 1. The number of hydrogen-bond acceptors (Lipinski definition) is 3. The second kappa shape index (κ2) is 17.2. The lowest BCUT2D eigenvalue weighted by molar-refractivity contribution is -0.143. The molecule has 2 nitrogen and oxygen atoms in total. The average Bonchev–Trinajstić information content (AvgIpc) is 2.45. The maximum Gasteiger partial charge on any atom is 0.305 e. The summed E-state index contributed by atoms with van der Waals surface area (Å²) in [7, 11) is 0. The summed E-state index contributed by atoms with van der Waals surface area (Å²) in [6.07, 6.45) is 12.1. The first-order valence-electron chi connectivity index (χ1n) is 8.10. The summed E-state index contributed by atoms with van der Waals surface area (Å²) in [5.41, 5.74) is 0. The molecule has 0 saturated carbocycles. The zero-order valence-corrected chi connectivity index (χ0v) is 14.6. The highest BCUT2D eigenvalue weighted by Gasteiger charge is 2.02. The molecule has 0 atom stereocenters. The molecule has 0 aromatic rings. The fourth-order valence-corrected chi connectivity index (χ4v) is 2.86. The van der Waals surface area contributed by atoms with Crippen LogP contribution in [0.3, 0.4) is 0 Å². The molecular weight excluding hydrogens is 292 g/mol. The van der Waals surface area contributed by atoms with Gasteiger partial charge in [0.15, 0.2) is 0 Å². The van der Waals surface area contributed by atoms with E-state index in [1.54, 1.807) is 11.8 Å². The zero-order chi connectivity index (χ0) is 14.9. The van der Waals surface area contributed by atoms with Crippen LogP contribution in [0, 0.1) is 0 Å². The standard InChI is InChI=1S/C16H31ClO2S/c1-2-3-4-5-6-7-8-9-10-11-16(18)19-13-15-20-14-12-17/h2-15H2,1H3. The van der Waals surface area contributed by atoms with Crippen LogP contribution in [-0.4, -0.2) is 30.0 Å². The van der Waals surface area contributed by atoms with E-state index in [0.29, 0.717) is 18.9 Å². The SMILES string of the molecule is CCCCCCCCCCCC(=O)OCCSCCCl. The van der Waals surface area contributed by atoms with Crippen molar-refractivity contribution in [3.8, 4) is 0 Å². The van der Waals surface area contributed by atoms with Crippen molar-refractivity contribution in [2.45, 2.75) is 71.1 Å². The number of unbranched alkanes of at least 4 members (excludes halogenated alkanes) is 8. The molecule has 0 fully saturated rings. The maximum atomic E-state index is 11.4. The largest absolute Gasteiger partial charge is 0.465 e. The van der Waals surface area contributed by atoms with E-state index in [0.717, 1.165) is 24.3 Å². The van der Waals surface area contributed by atoms with E-state index in [4.69, 9.17) is 16.3 Å². The third-order valence-corrected chi connectivity index (χ3v) is 4.56. The lowest BCUT2D eigenvalue weighted by atomic mass is 10.1. The Morgan fingerprint density at radius 1 is 0.950 bits per heavy atom. The van der Waals surface area contributed by atoms with Crippen molar-refractivity contribution in [2.24, 2.45) is 0 Å². The van der Waals surface area contributed by atoms with Crippen LogP contribution >= 0.6 is 23.4 Å². The molecule has 0 saturated heterocycles. The lowest BCUT2D eigenvalue weighted by Gasteiger charge is -2.04. The van der Waals surface area contributed by atoms with Crippen LogP contribution in [0.2, 0.25) is 0 Å². The molecule has 0 heterocycles. The Hall–Kier alpha value is 0.110. The molecule has 0 bridgehead atoms. The Morgan fingerprint density at radius 3 is 2.15 bits per heavy atom. The first-order chi connectivity index (χ1) is 9.81. The molecule has 0 aromatic carbocycles. The molecule has 0 aliphatic rings. The van der Waals surface area contributed by atoms with Crippen molar-refractivity contribution in [1.29, 1.82) is 0 Å². The summed E-state index contributed by atoms with van der Waals surface area (Å²) in [6.45, 7) is 2.77. The van der Waals surface area contributed by atoms with E-state index in [1.807, 2.05) is 0 Å². The minimum atomic E-state index is -0.0422. The molecule has 0 amide bonds. The fourth-order valence-electron chi connectivity index (χ4n) is 2.02. The van der Waals surface area contributed by atoms with Crippen LogP contribution in [0.4, 0.5) is 0 Å². The highest BCUT2D eigenvalue weighted by atomic mass is 35.5. The first kappa shape index (κ1) is 20.1. The van der Waals surface area contributed by atoms with E-state index in [-0.39, 0.29) is 5.97 Å². The highest BCUT2D eigenvalue weighted by Crippen LogP contribution is 2.10. The van der Waals surface area contributed by atoms with Crippen LogP contribution in [0.15, 0.2) is 0 Å². The van der Waals surface area contributed by atoms with Gasteiger partial charge < -0.3 is 4.74 Å². The number of thioether (sulfide) groups is 1. The number of esters is 1. The first-order valence-corrected chi connectivity index (χ1v) is 9.79. The highest BCUT2D eigenvalue weighted by molar-refractivity contribution is 7.99. The van der Waals surface area contributed by atoms with Gasteiger partial charge in [0.05, 0.1) is 0 Å². The van der Waals surface area contributed by atoms with Gasteiger partial charge in [-0.1, -0.05) is 58.3 Å². The van der Waals surface area contributed by atoms with Gasteiger partial charge in [0.1, 0.15) is 6.61 Å². The van der Waals surface area contributed by atoms with E-state index in [1.165, 1.54) is 44.9 Å². The minimum Gasteiger partial charge on any atom is -0.465 e. The van der Waals surface area contributed by atoms with Gasteiger partial charge in [-0.2, -0.15) is 11.8 Å². The Balaban J connectivity index is 3.11. The second-order valence-electron chi connectivity index (χ2n) is 5.10. The summed E-state index contributed by atoms with van der Waals surface area (Å²) in [5.74, 6) is 2.41. The smallest absolute Gasteiger partial charge is 0.305 e. The molecule has 0 aromatic heterocycles. The molecule has 0 spiro atoms. The van der Waals surface area contributed by atoms with E-state index >= 15 is 0 Å². The molecule has 120 valence electrons. The van der Waals surface area contributed by atoms with Gasteiger partial charge in [-0.15, -0.1) is 11.6 Å². The monoisotopic (exact) mass is 322 g/mol. The topological polar surface area (TPSA) is 26.3 Å². The summed E-state index contributed by atoms with van der Waals surface area (Å²) >= 11 is 7.29. The van der Waals surface area contributed by atoms with Gasteiger partial charge >= 0.3 is 5.97 Å². The van der Waals surface area contributed by atoms with Gasteiger partial charge in [0.25, 0.3) is 0 Å². The van der Waals surface area contributed by atoms with E-state index in [9.17, 15) is 4.79 Å². The third-order valence-electron chi connectivity index (χ3n) is 3.20. The minimum absolute atomic E-state index is 0.0422. The van der Waals surface area contributed by atoms with Crippen LogP contribution in [-0.2, 0) is 9.53 Å². The molecule has 0 N–H and O–H groups in total. The van der Waals surface area contributed by atoms with Crippen LogP contribution in [0.5, 0.6) is 0 Å². The predicted octanol–water partition coefficient (Wildman–Crippen LogP) is 5.42. The third kappa shape index (κ3) is 16.2. The zero-order valence-electron chi connectivity index (χ0n) is 13.0. The number of ether oxygens (including phenoxy) is 1. The predicted molar refractivity (Wildman–Crippen MR) is 90.8 cm³/mol.